The number of carboxylic acids is 1. The Morgan fingerprint density at radius 1 is 1.38 bits per heavy atom. The number of β-lactam (4-membered cyclic amide) rings is 1. The van der Waals surface area contributed by atoms with Gasteiger partial charge >= 0.3 is 18.2 Å². The van der Waals surface area contributed by atoms with Gasteiger partial charge in [-0.3, -0.25) is 14.5 Å². The van der Waals surface area contributed by atoms with Crippen LogP contribution in [0.25, 0.3) is 0 Å². The van der Waals surface area contributed by atoms with Crippen LogP contribution >= 0.6 is 23.1 Å². The molecule has 0 aliphatic carbocycles. The maximum absolute atomic E-state index is 12.6. The SMILES string of the molecule is Nc1nc(/C(=N/O)C(=O)N[C@@H]2C(=O)N3C(C(=O)O)=C(COC(=O)NCC(F)(F)F)CS[C@H]23)cs1. The van der Waals surface area contributed by atoms with Crippen LogP contribution in [0.15, 0.2) is 21.8 Å². The molecule has 0 saturated carbocycles. The second-order valence-corrected chi connectivity index (χ2v) is 8.68. The van der Waals surface area contributed by atoms with Crippen molar-refractivity contribution in [3.63, 3.8) is 0 Å². The third-order valence-corrected chi connectivity index (χ3v) is 6.44. The number of thioether (sulfide) groups is 1. The standard InChI is InChI=1S/C16H15F3N6O7S2/c17-16(18,19)4-21-15(30)32-1-5-2-33-12-8(11(27)25(12)9(5)13(28)29)23-10(26)7(24-31)6-3-34-14(20)22-6/h3,8,12,31H,1-2,4H2,(H2,20,22)(H,21,30)(H,23,26)(H,28,29)/b24-7-/t8-,12-/m1/s1. The molecule has 0 unspecified atom stereocenters. The lowest BCUT2D eigenvalue weighted by molar-refractivity contribution is -0.150. The summed E-state index contributed by atoms with van der Waals surface area (Å²) in [5.41, 5.74) is 4.42. The van der Waals surface area contributed by atoms with Gasteiger partial charge in [-0.1, -0.05) is 5.16 Å². The van der Waals surface area contributed by atoms with Crippen molar-refractivity contribution in [2.75, 3.05) is 24.6 Å². The Labute approximate surface area is 195 Å². The minimum Gasteiger partial charge on any atom is -0.477 e. The maximum Gasteiger partial charge on any atom is 0.407 e. The Morgan fingerprint density at radius 2 is 2.09 bits per heavy atom. The van der Waals surface area contributed by atoms with Crippen molar-refractivity contribution < 1.29 is 47.4 Å². The van der Waals surface area contributed by atoms with Crippen LogP contribution in [0.5, 0.6) is 0 Å². The number of thiazole rings is 1. The van der Waals surface area contributed by atoms with Gasteiger partial charge in [-0.05, 0) is 0 Å². The van der Waals surface area contributed by atoms with Crippen LogP contribution in [0, 0.1) is 0 Å². The number of oxime groups is 1. The molecule has 1 fully saturated rings. The summed E-state index contributed by atoms with van der Waals surface area (Å²) in [7, 11) is 0. The lowest BCUT2D eigenvalue weighted by atomic mass is 10.0. The predicted molar refractivity (Wildman–Crippen MR) is 110 cm³/mol. The number of anilines is 1. The van der Waals surface area contributed by atoms with Gasteiger partial charge in [0.25, 0.3) is 11.8 Å². The normalized spacial score (nSPS) is 20.4. The van der Waals surface area contributed by atoms with Crippen LogP contribution < -0.4 is 16.4 Å². The number of carbonyl (C=O) groups is 4. The summed E-state index contributed by atoms with van der Waals surface area (Å²) < 4.78 is 41.1. The highest BCUT2D eigenvalue weighted by atomic mass is 32.2. The smallest absolute Gasteiger partial charge is 0.407 e. The third-order valence-electron chi connectivity index (χ3n) is 4.43. The van der Waals surface area contributed by atoms with E-state index in [1.54, 1.807) is 0 Å². The highest BCUT2D eigenvalue weighted by molar-refractivity contribution is 8.00. The molecule has 34 heavy (non-hydrogen) atoms. The highest BCUT2D eigenvalue weighted by Gasteiger charge is 2.54. The molecule has 3 rings (SSSR count). The van der Waals surface area contributed by atoms with E-state index in [9.17, 15) is 37.5 Å². The Balaban J connectivity index is 1.67. The first-order chi connectivity index (χ1) is 15.9. The van der Waals surface area contributed by atoms with Gasteiger partial charge in [-0.15, -0.1) is 23.1 Å². The molecule has 2 atom stereocenters. The van der Waals surface area contributed by atoms with E-state index in [0.29, 0.717) is 0 Å². The lowest BCUT2D eigenvalue weighted by Crippen LogP contribution is -2.71. The van der Waals surface area contributed by atoms with Gasteiger partial charge in [0, 0.05) is 16.7 Å². The van der Waals surface area contributed by atoms with Gasteiger partial charge in [-0.2, -0.15) is 13.2 Å². The summed E-state index contributed by atoms with van der Waals surface area (Å²) in [6.45, 7) is -2.30. The van der Waals surface area contributed by atoms with Gasteiger partial charge < -0.3 is 31.4 Å². The molecule has 0 spiro atoms. The fourth-order valence-electron chi connectivity index (χ4n) is 2.99. The molecule has 0 radical (unpaired) electrons. The van der Waals surface area contributed by atoms with Gasteiger partial charge in [0.05, 0.1) is 0 Å². The fraction of sp³-hybridized carbons (Fsp3) is 0.375. The van der Waals surface area contributed by atoms with Crippen molar-refractivity contribution in [1.29, 1.82) is 0 Å². The minimum atomic E-state index is -4.66. The zero-order valence-corrected chi connectivity index (χ0v) is 18.3. The average Bonchev–Trinajstić information content (AvgIpc) is 3.19. The predicted octanol–water partition coefficient (Wildman–Crippen LogP) is -0.0693. The number of nitrogens with one attached hydrogen (secondary N) is 2. The van der Waals surface area contributed by atoms with Crippen molar-refractivity contribution in [3.8, 4) is 0 Å². The number of halogens is 3. The molecule has 18 heteroatoms. The number of amides is 3. The molecule has 0 aromatic carbocycles. The third kappa shape index (κ3) is 5.33. The summed E-state index contributed by atoms with van der Waals surface area (Å²) in [6, 6.07) is -1.17. The molecule has 3 heterocycles. The number of nitrogen functional groups attached to an aromatic ring is 1. The molecule has 1 aromatic rings. The molecule has 1 aromatic heterocycles. The van der Waals surface area contributed by atoms with Gasteiger partial charge in [0.2, 0.25) is 0 Å². The van der Waals surface area contributed by atoms with E-state index in [0.717, 1.165) is 28.0 Å². The van der Waals surface area contributed by atoms with Crippen LogP contribution in [0.2, 0.25) is 0 Å². The van der Waals surface area contributed by atoms with E-state index in [1.807, 2.05) is 0 Å². The van der Waals surface area contributed by atoms with Crippen LogP contribution in [0.4, 0.5) is 23.1 Å². The van der Waals surface area contributed by atoms with Gasteiger partial charge in [0.15, 0.2) is 10.8 Å². The van der Waals surface area contributed by atoms with Gasteiger partial charge in [-0.25, -0.2) is 14.6 Å². The second kappa shape index (κ2) is 9.75. The maximum atomic E-state index is 12.6. The summed E-state index contributed by atoms with van der Waals surface area (Å²) in [5.74, 6) is -3.36. The summed E-state index contributed by atoms with van der Waals surface area (Å²) in [5, 5.41) is 26.0. The van der Waals surface area contributed by atoms with Crippen molar-refractivity contribution in [3.05, 3.63) is 22.3 Å². The minimum absolute atomic E-state index is 0.0235. The number of aromatic nitrogens is 1. The number of alkyl halides is 3. The van der Waals surface area contributed by atoms with Gasteiger partial charge in [0.1, 0.15) is 36.0 Å². The number of carboxylic acid groups (broad SMARTS) is 1. The Morgan fingerprint density at radius 3 is 2.65 bits per heavy atom. The number of carbonyl (C=O) groups excluding carboxylic acids is 3. The van der Waals surface area contributed by atoms with E-state index in [2.05, 4.69) is 20.2 Å². The Bertz CT molecular complexity index is 1090. The largest absolute Gasteiger partial charge is 0.477 e. The first-order valence-corrected chi connectivity index (χ1v) is 11.0. The summed E-state index contributed by atoms with van der Waals surface area (Å²) in [6.07, 6.45) is -6.07. The van der Waals surface area contributed by atoms with E-state index in [1.165, 1.54) is 10.7 Å². The van der Waals surface area contributed by atoms with E-state index >= 15 is 0 Å². The second-order valence-electron chi connectivity index (χ2n) is 6.68. The number of aliphatic carboxylic acids is 1. The molecule has 2 aliphatic heterocycles. The number of nitrogens with two attached hydrogens (primary N) is 1. The van der Waals surface area contributed by atoms with Crippen molar-refractivity contribution in [1.82, 2.24) is 20.5 Å². The topological polar surface area (TPSA) is 197 Å². The van der Waals surface area contributed by atoms with Crippen molar-refractivity contribution >= 4 is 57.8 Å². The van der Waals surface area contributed by atoms with E-state index in [-0.39, 0.29) is 22.2 Å². The number of nitrogens with zero attached hydrogens (tertiary/aromatic N) is 3. The first-order valence-electron chi connectivity index (χ1n) is 9.04. The number of rotatable bonds is 7. The fourth-order valence-corrected chi connectivity index (χ4v) is 4.86. The lowest BCUT2D eigenvalue weighted by Gasteiger charge is -2.49. The molecular weight excluding hydrogens is 509 g/mol. The number of fused-ring (bicyclic) bond motifs is 1. The molecule has 0 bridgehead atoms. The summed E-state index contributed by atoms with van der Waals surface area (Å²) in [4.78, 5) is 52.9. The van der Waals surface area contributed by atoms with E-state index < -0.39 is 66.0 Å². The van der Waals surface area contributed by atoms with Crippen LogP contribution in [-0.4, -0.2) is 86.3 Å². The van der Waals surface area contributed by atoms with Crippen molar-refractivity contribution in [2.45, 2.75) is 17.6 Å². The molecular formula is C16H15F3N6O7S2. The number of hydrogen-bond donors (Lipinski definition) is 5. The zero-order valence-electron chi connectivity index (χ0n) is 16.7. The Hall–Kier alpha value is -3.54. The quantitative estimate of drug-likeness (QED) is 0.139. The number of alkyl carbamates (subject to hydrolysis) is 1. The van der Waals surface area contributed by atoms with Crippen LogP contribution in [-0.2, 0) is 19.1 Å². The van der Waals surface area contributed by atoms with E-state index in [4.69, 9.17) is 10.9 Å². The Kier molecular flexibility index (Phi) is 7.20. The molecule has 13 nitrogen and oxygen atoms in total. The number of ether oxygens (including phenoxy) is 1. The van der Waals surface area contributed by atoms with Crippen LogP contribution in [0.1, 0.15) is 5.69 Å². The zero-order chi connectivity index (χ0) is 25.2. The average molecular weight is 524 g/mol. The first kappa shape index (κ1) is 25.1. The molecule has 3 amide bonds. The molecule has 184 valence electrons. The highest BCUT2D eigenvalue weighted by Crippen LogP contribution is 2.40. The van der Waals surface area contributed by atoms with Crippen molar-refractivity contribution in [2.24, 2.45) is 5.16 Å². The number of hydrogen-bond acceptors (Lipinski definition) is 11. The molecule has 6 N–H and O–H groups in total. The summed E-state index contributed by atoms with van der Waals surface area (Å²) >= 11 is 2.01. The monoisotopic (exact) mass is 524 g/mol. The van der Waals surface area contributed by atoms with Crippen LogP contribution in [0.3, 0.4) is 0 Å². The molecule has 2 aliphatic rings. The molecule has 1 saturated heterocycles.